The first-order valence-electron chi connectivity index (χ1n) is 10.4. The van der Waals surface area contributed by atoms with E-state index in [2.05, 4.69) is 48.2 Å². The number of halogens is 1. The average Bonchev–Trinajstić information content (AvgIpc) is 3.08. The van der Waals surface area contributed by atoms with Gasteiger partial charge in [0.2, 0.25) is 5.91 Å². The molecule has 0 radical (unpaired) electrons. The summed E-state index contributed by atoms with van der Waals surface area (Å²) in [7, 11) is 1.59. The Morgan fingerprint density at radius 3 is 2.52 bits per heavy atom. The fourth-order valence-electron chi connectivity index (χ4n) is 4.96. The highest BCUT2D eigenvalue weighted by molar-refractivity contribution is 6.30. The number of fused-ring (bicyclic) bond motifs is 1. The summed E-state index contributed by atoms with van der Waals surface area (Å²) in [6, 6.07) is 17.6. The van der Waals surface area contributed by atoms with Gasteiger partial charge in [-0.3, -0.25) is 9.69 Å². The molecule has 2 fully saturated rings. The van der Waals surface area contributed by atoms with Gasteiger partial charge in [-0.15, -0.1) is 0 Å². The van der Waals surface area contributed by atoms with E-state index in [1.807, 2.05) is 17.0 Å². The van der Waals surface area contributed by atoms with Crippen molar-refractivity contribution in [3.8, 4) is 0 Å². The summed E-state index contributed by atoms with van der Waals surface area (Å²) in [4.78, 5) is 17.1. The van der Waals surface area contributed by atoms with Crippen LogP contribution in [0.3, 0.4) is 0 Å². The maximum absolute atomic E-state index is 12.5. The second-order valence-electron chi connectivity index (χ2n) is 8.37. The molecule has 4 rings (SSSR count). The van der Waals surface area contributed by atoms with Gasteiger partial charge in [-0.1, -0.05) is 53.6 Å². The number of hydrogen-bond donors (Lipinski definition) is 0. The lowest BCUT2D eigenvalue weighted by molar-refractivity contribution is -0.137. The van der Waals surface area contributed by atoms with Gasteiger partial charge < -0.3 is 9.64 Å². The fourth-order valence-corrected chi connectivity index (χ4v) is 5.08. The van der Waals surface area contributed by atoms with E-state index in [1.165, 1.54) is 16.7 Å². The summed E-state index contributed by atoms with van der Waals surface area (Å²) in [5.74, 6) is 0.982. The smallest absolute Gasteiger partial charge is 0.248 e. The zero-order valence-corrected chi connectivity index (χ0v) is 17.9. The molecule has 0 aromatic heterocycles. The lowest BCUT2D eigenvalue weighted by Gasteiger charge is -2.39. The minimum Gasteiger partial charge on any atom is -0.375 e. The van der Waals surface area contributed by atoms with E-state index >= 15 is 0 Å². The quantitative estimate of drug-likeness (QED) is 0.740. The van der Waals surface area contributed by atoms with Crippen LogP contribution < -0.4 is 0 Å². The number of ether oxygens (including phenoxy) is 1. The van der Waals surface area contributed by atoms with Gasteiger partial charge in [-0.25, -0.2) is 0 Å². The van der Waals surface area contributed by atoms with Gasteiger partial charge in [0.15, 0.2) is 0 Å². The SMILES string of the molecule is COCC(=O)N1CC[C@@H]2[C@H](C1)[C@@H](c1ccc(C)cc1)CN2Cc1ccc(Cl)cc1. The minimum atomic E-state index is 0.102. The number of nitrogens with zero attached hydrogens (tertiary/aromatic N) is 2. The van der Waals surface area contributed by atoms with Crippen LogP contribution in [0.1, 0.15) is 29.0 Å². The van der Waals surface area contributed by atoms with Gasteiger partial charge in [0.05, 0.1) is 0 Å². The molecule has 2 aromatic carbocycles. The molecule has 2 aliphatic heterocycles. The van der Waals surface area contributed by atoms with E-state index < -0.39 is 0 Å². The first-order valence-corrected chi connectivity index (χ1v) is 10.7. The van der Waals surface area contributed by atoms with E-state index in [-0.39, 0.29) is 12.5 Å². The maximum atomic E-state index is 12.5. The Labute approximate surface area is 178 Å². The van der Waals surface area contributed by atoms with Gasteiger partial charge >= 0.3 is 0 Å². The zero-order chi connectivity index (χ0) is 20.4. The third kappa shape index (κ3) is 4.50. The molecular formula is C24H29ClN2O2. The van der Waals surface area contributed by atoms with E-state index in [0.717, 1.165) is 37.6 Å². The number of likely N-dealkylation sites (tertiary alicyclic amines) is 2. The van der Waals surface area contributed by atoms with Crippen molar-refractivity contribution in [3.63, 3.8) is 0 Å². The number of methoxy groups -OCH3 is 1. The van der Waals surface area contributed by atoms with Gasteiger partial charge in [0.1, 0.15) is 6.61 Å². The second-order valence-corrected chi connectivity index (χ2v) is 8.80. The fraction of sp³-hybridized carbons (Fsp3) is 0.458. The summed E-state index contributed by atoms with van der Waals surface area (Å²) in [5, 5.41) is 0.774. The van der Waals surface area contributed by atoms with Crippen LogP contribution in [0, 0.1) is 12.8 Å². The molecule has 2 heterocycles. The van der Waals surface area contributed by atoms with E-state index in [0.29, 0.717) is 17.9 Å². The van der Waals surface area contributed by atoms with Crippen LogP contribution in [0.2, 0.25) is 5.02 Å². The number of aryl methyl sites for hydroxylation is 1. The average molecular weight is 413 g/mol. The Hall–Kier alpha value is -1.88. The molecule has 29 heavy (non-hydrogen) atoms. The summed E-state index contributed by atoms with van der Waals surface area (Å²) in [5.41, 5.74) is 3.95. The molecule has 0 saturated carbocycles. The van der Waals surface area contributed by atoms with E-state index in [4.69, 9.17) is 16.3 Å². The zero-order valence-electron chi connectivity index (χ0n) is 17.2. The third-order valence-electron chi connectivity index (χ3n) is 6.46. The second kappa shape index (κ2) is 8.86. The van der Waals surface area contributed by atoms with Crippen molar-refractivity contribution in [1.82, 2.24) is 9.80 Å². The number of piperidine rings is 1. The van der Waals surface area contributed by atoms with Crippen molar-refractivity contribution >= 4 is 17.5 Å². The number of amides is 1. The standard InChI is InChI=1S/C24H29ClN2O2/c1-17-3-7-19(8-4-17)21-14-27(13-18-5-9-20(25)10-6-18)23-11-12-26(15-22(21)23)24(28)16-29-2/h3-10,21-23H,11-16H2,1-2H3/t21-,22-,23-/m1/s1. The molecule has 154 valence electrons. The van der Waals surface area contributed by atoms with Crippen LogP contribution in [0.25, 0.3) is 0 Å². The number of carbonyl (C=O) groups is 1. The predicted octanol–water partition coefficient (Wildman–Crippen LogP) is 4.11. The van der Waals surface area contributed by atoms with Crippen LogP contribution in [0.4, 0.5) is 0 Å². The Bertz CT molecular complexity index is 837. The highest BCUT2D eigenvalue weighted by Gasteiger charge is 2.45. The number of benzene rings is 2. The molecule has 3 atom stereocenters. The summed E-state index contributed by atoms with van der Waals surface area (Å²) < 4.78 is 5.09. The molecule has 0 spiro atoms. The molecule has 0 bridgehead atoms. The molecule has 2 saturated heterocycles. The lowest BCUT2D eigenvalue weighted by atomic mass is 9.81. The summed E-state index contributed by atoms with van der Waals surface area (Å²) >= 11 is 6.07. The van der Waals surface area contributed by atoms with Crippen LogP contribution in [-0.4, -0.2) is 55.1 Å². The van der Waals surface area contributed by atoms with Crippen LogP contribution in [-0.2, 0) is 16.1 Å². The molecule has 4 nitrogen and oxygen atoms in total. The molecule has 0 aliphatic carbocycles. The minimum absolute atomic E-state index is 0.102. The lowest BCUT2D eigenvalue weighted by Crippen LogP contribution is -2.49. The van der Waals surface area contributed by atoms with Crippen LogP contribution in [0.15, 0.2) is 48.5 Å². The third-order valence-corrected chi connectivity index (χ3v) is 6.71. The molecular weight excluding hydrogens is 384 g/mol. The highest BCUT2D eigenvalue weighted by Crippen LogP contribution is 2.42. The Morgan fingerprint density at radius 1 is 1.10 bits per heavy atom. The first kappa shape index (κ1) is 20.4. The van der Waals surface area contributed by atoms with Gasteiger partial charge in [-0.2, -0.15) is 0 Å². The van der Waals surface area contributed by atoms with Crippen molar-refractivity contribution in [2.45, 2.75) is 31.8 Å². The molecule has 2 aromatic rings. The van der Waals surface area contributed by atoms with Crippen molar-refractivity contribution in [2.24, 2.45) is 5.92 Å². The van der Waals surface area contributed by atoms with Crippen molar-refractivity contribution in [2.75, 3.05) is 33.4 Å². The normalized spacial score (nSPS) is 24.5. The van der Waals surface area contributed by atoms with Crippen molar-refractivity contribution in [3.05, 3.63) is 70.2 Å². The number of carbonyl (C=O) groups excluding carboxylic acids is 1. The van der Waals surface area contributed by atoms with Crippen molar-refractivity contribution in [1.29, 1.82) is 0 Å². The monoisotopic (exact) mass is 412 g/mol. The topological polar surface area (TPSA) is 32.8 Å². The van der Waals surface area contributed by atoms with Gasteiger partial charge in [0, 0.05) is 56.2 Å². The van der Waals surface area contributed by atoms with Gasteiger partial charge in [-0.05, 0) is 36.6 Å². The first-order chi connectivity index (χ1) is 14.0. The largest absolute Gasteiger partial charge is 0.375 e. The van der Waals surface area contributed by atoms with Crippen molar-refractivity contribution < 1.29 is 9.53 Å². The summed E-state index contributed by atoms with van der Waals surface area (Å²) in [6.45, 7) is 5.85. The van der Waals surface area contributed by atoms with Gasteiger partial charge in [0.25, 0.3) is 0 Å². The molecule has 1 amide bonds. The molecule has 0 unspecified atom stereocenters. The molecule has 5 heteroatoms. The van der Waals surface area contributed by atoms with Crippen LogP contribution >= 0.6 is 11.6 Å². The molecule has 0 N–H and O–H groups in total. The molecule has 2 aliphatic rings. The highest BCUT2D eigenvalue weighted by atomic mass is 35.5. The summed E-state index contributed by atoms with van der Waals surface area (Å²) in [6.07, 6.45) is 1.01. The maximum Gasteiger partial charge on any atom is 0.248 e. The predicted molar refractivity (Wildman–Crippen MR) is 116 cm³/mol. The Balaban J connectivity index is 1.57. The van der Waals surface area contributed by atoms with E-state index in [9.17, 15) is 4.79 Å². The van der Waals surface area contributed by atoms with Crippen LogP contribution in [0.5, 0.6) is 0 Å². The number of rotatable bonds is 5. The Kier molecular flexibility index (Phi) is 6.23. The van der Waals surface area contributed by atoms with E-state index in [1.54, 1.807) is 7.11 Å². The number of hydrogen-bond acceptors (Lipinski definition) is 3. The Morgan fingerprint density at radius 2 is 1.83 bits per heavy atom.